The summed E-state index contributed by atoms with van der Waals surface area (Å²) in [5, 5.41) is 9.04. The molecule has 3 rings (SSSR count). The van der Waals surface area contributed by atoms with Crippen LogP contribution in [0, 0.1) is 5.92 Å². The van der Waals surface area contributed by atoms with Crippen LogP contribution in [0.2, 0.25) is 0 Å². The molecule has 0 aliphatic carbocycles. The normalized spacial score (nSPS) is 18.0. The molecule has 0 saturated carbocycles. The van der Waals surface area contributed by atoms with Gasteiger partial charge in [-0.05, 0) is 55.1 Å². The van der Waals surface area contributed by atoms with E-state index in [0.29, 0.717) is 0 Å². The minimum Gasteiger partial charge on any atom is -0.356 e. The maximum absolute atomic E-state index is 12.3. The fourth-order valence-corrected chi connectivity index (χ4v) is 3.26. The Kier molecular flexibility index (Phi) is 6.87. The largest absolute Gasteiger partial charge is 0.356 e. The van der Waals surface area contributed by atoms with Crippen molar-refractivity contribution < 1.29 is 4.79 Å². The Morgan fingerprint density at radius 2 is 1.91 bits per heavy atom. The Labute approximate surface area is 144 Å². The molecule has 0 bridgehead atoms. The van der Waals surface area contributed by atoms with Crippen LogP contribution in [0.25, 0.3) is 10.8 Å². The summed E-state index contributed by atoms with van der Waals surface area (Å²) in [6, 6.07) is 14.8. The third-order valence-corrected chi connectivity index (χ3v) is 4.52. The number of hydrogen-bond donors (Lipinski definition) is 2. The molecule has 4 heteroatoms. The van der Waals surface area contributed by atoms with Crippen molar-refractivity contribution >= 4 is 29.1 Å². The predicted octanol–water partition coefficient (Wildman–Crippen LogP) is 3.31. The van der Waals surface area contributed by atoms with Gasteiger partial charge in [0.15, 0.2) is 0 Å². The van der Waals surface area contributed by atoms with Gasteiger partial charge < -0.3 is 10.6 Å². The minimum absolute atomic E-state index is 0. The van der Waals surface area contributed by atoms with Gasteiger partial charge >= 0.3 is 0 Å². The molecule has 1 heterocycles. The number of carbonyl (C=O) groups excluding carboxylic acids is 1. The van der Waals surface area contributed by atoms with Gasteiger partial charge in [0.25, 0.3) is 0 Å². The van der Waals surface area contributed by atoms with E-state index in [0.717, 1.165) is 45.3 Å². The van der Waals surface area contributed by atoms with Gasteiger partial charge in [0, 0.05) is 12.5 Å². The second-order valence-corrected chi connectivity index (χ2v) is 6.06. The molecule has 2 aromatic carbocycles. The first-order valence-electron chi connectivity index (χ1n) is 8.29. The summed E-state index contributed by atoms with van der Waals surface area (Å²) in [6.45, 7) is 2.72. The van der Waals surface area contributed by atoms with Crippen molar-refractivity contribution in [2.45, 2.75) is 25.7 Å². The molecule has 124 valence electrons. The first kappa shape index (κ1) is 17.8. The molecule has 1 amide bonds. The SMILES string of the molecule is Cl.O=C(NCCc1cccc2ccccc12)C1CCCNCC1. The van der Waals surface area contributed by atoms with Crippen LogP contribution in [0.5, 0.6) is 0 Å². The maximum Gasteiger partial charge on any atom is 0.223 e. The zero-order valence-electron chi connectivity index (χ0n) is 13.4. The summed E-state index contributed by atoms with van der Waals surface area (Å²) in [4.78, 5) is 12.3. The number of fused-ring (bicyclic) bond motifs is 1. The average molecular weight is 333 g/mol. The van der Waals surface area contributed by atoms with E-state index < -0.39 is 0 Å². The van der Waals surface area contributed by atoms with E-state index >= 15 is 0 Å². The van der Waals surface area contributed by atoms with E-state index in [9.17, 15) is 4.79 Å². The highest BCUT2D eigenvalue weighted by Gasteiger charge is 2.19. The molecule has 0 aromatic heterocycles. The van der Waals surface area contributed by atoms with Crippen molar-refractivity contribution in [2.24, 2.45) is 5.92 Å². The molecule has 0 radical (unpaired) electrons. The third kappa shape index (κ3) is 4.69. The molecule has 1 atom stereocenters. The van der Waals surface area contributed by atoms with E-state index in [1.165, 1.54) is 16.3 Å². The van der Waals surface area contributed by atoms with Crippen LogP contribution in [0.3, 0.4) is 0 Å². The molecule has 2 N–H and O–H groups in total. The van der Waals surface area contributed by atoms with Gasteiger partial charge in [-0.2, -0.15) is 0 Å². The number of amides is 1. The van der Waals surface area contributed by atoms with E-state index in [-0.39, 0.29) is 24.2 Å². The average Bonchev–Trinajstić information content (AvgIpc) is 2.84. The van der Waals surface area contributed by atoms with E-state index in [4.69, 9.17) is 0 Å². The zero-order chi connectivity index (χ0) is 15.2. The molecule has 1 fully saturated rings. The number of hydrogen-bond acceptors (Lipinski definition) is 2. The van der Waals surface area contributed by atoms with Crippen LogP contribution < -0.4 is 10.6 Å². The van der Waals surface area contributed by atoms with Gasteiger partial charge in [-0.25, -0.2) is 0 Å². The highest BCUT2D eigenvalue weighted by Crippen LogP contribution is 2.19. The topological polar surface area (TPSA) is 41.1 Å². The minimum atomic E-state index is 0. The van der Waals surface area contributed by atoms with Gasteiger partial charge in [-0.15, -0.1) is 12.4 Å². The molecule has 23 heavy (non-hydrogen) atoms. The lowest BCUT2D eigenvalue weighted by molar-refractivity contribution is -0.125. The summed E-state index contributed by atoms with van der Waals surface area (Å²) < 4.78 is 0. The fourth-order valence-electron chi connectivity index (χ4n) is 3.26. The Hall–Kier alpha value is -1.58. The standard InChI is InChI=1S/C19H24N2O.ClH/c22-19(17-8-4-12-20-13-10-17)21-14-11-16-7-3-6-15-5-1-2-9-18(15)16;/h1-3,5-7,9,17,20H,4,8,10-14H2,(H,21,22);1H. The number of nitrogens with one attached hydrogen (secondary N) is 2. The number of rotatable bonds is 4. The summed E-state index contributed by atoms with van der Waals surface area (Å²) in [7, 11) is 0. The highest BCUT2D eigenvalue weighted by atomic mass is 35.5. The molecule has 2 aromatic rings. The maximum atomic E-state index is 12.3. The second-order valence-electron chi connectivity index (χ2n) is 6.06. The van der Waals surface area contributed by atoms with E-state index in [1.807, 2.05) is 0 Å². The zero-order valence-corrected chi connectivity index (χ0v) is 14.2. The van der Waals surface area contributed by atoms with Crippen LogP contribution in [0.4, 0.5) is 0 Å². The van der Waals surface area contributed by atoms with Crippen LogP contribution in [-0.2, 0) is 11.2 Å². The quantitative estimate of drug-likeness (QED) is 0.902. The lowest BCUT2D eigenvalue weighted by atomic mass is 9.99. The van der Waals surface area contributed by atoms with Crippen LogP contribution >= 0.6 is 12.4 Å². The van der Waals surface area contributed by atoms with Gasteiger partial charge in [-0.3, -0.25) is 4.79 Å². The van der Waals surface area contributed by atoms with Gasteiger partial charge in [-0.1, -0.05) is 42.5 Å². The highest BCUT2D eigenvalue weighted by molar-refractivity contribution is 5.86. The Bertz CT molecular complexity index is 631. The Morgan fingerprint density at radius 3 is 2.83 bits per heavy atom. The predicted molar refractivity (Wildman–Crippen MR) is 98.1 cm³/mol. The molecule has 1 aliphatic rings. The van der Waals surface area contributed by atoms with Crippen molar-refractivity contribution in [3.63, 3.8) is 0 Å². The monoisotopic (exact) mass is 332 g/mol. The first-order valence-corrected chi connectivity index (χ1v) is 8.29. The van der Waals surface area contributed by atoms with Crippen LogP contribution in [0.15, 0.2) is 42.5 Å². The van der Waals surface area contributed by atoms with Gasteiger partial charge in [0.1, 0.15) is 0 Å². The smallest absolute Gasteiger partial charge is 0.223 e. The molecular formula is C19H25ClN2O. The van der Waals surface area contributed by atoms with Crippen LogP contribution in [-0.4, -0.2) is 25.5 Å². The van der Waals surface area contributed by atoms with Crippen molar-refractivity contribution in [1.29, 1.82) is 0 Å². The lowest BCUT2D eigenvalue weighted by Crippen LogP contribution is -2.32. The summed E-state index contributed by atoms with van der Waals surface area (Å²) in [5.74, 6) is 0.409. The second kappa shape index (κ2) is 8.90. The molecule has 1 unspecified atom stereocenters. The van der Waals surface area contributed by atoms with E-state index in [2.05, 4.69) is 53.1 Å². The van der Waals surface area contributed by atoms with Crippen molar-refractivity contribution in [3.05, 3.63) is 48.0 Å². The molecule has 3 nitrogen and oxygen atoms in total. The van der Waals surface area contributed by atoms with Crippen molar-refractivity contribution in [3.8, 4) is 0 Å². The molecule has 1 aliphatic heterocycles. The number of halogens is 1. The lowest BCUT2D eigenvalue weighted by Gasteiger charge is -2.14. The summed E-state index contributed by atoms with van der Waals surface area (Å²) in [5.41, 5.74) is 1.31. The third-order valence-electron chi connectivity index (χ3n) is 4.52. The summed E-state index contributed by atoms with van der Waals surface area (Å²) in [6.07, 6.45) is 3.95. The van der Waals surface area contributed by atoms with Crippen LogP contribution in [0.1, 0.15) is 24.8 Å². The fraction of sp³-hybridized carbons (Fsp3) is 0.421. The van der Waals surface area contributed by atoms with Gasteiger partial charge in [0.05, 0.1) is 0 Å². The van der Waals surface area contributed by atoms with E-state index in [1.54, 1.807) is 0 Å². The number of carbonyl (C=O) groups is 1. The summed E-state index contributed by atoms with van der Waals surface area (Å²) >= 11 is 0. The Morgan fingerprint density at radius 1 is 1.09 bits per heavy atom. The number of benzene rings is 2. The van der Waals surface area contributed by atoms with Crippen molar-refractivity contribution in [1.82, 2.24) is 10.6 Å². The molecule has 1 saturated heterocycles. The Balaban J connectivity index is 0.00000192. The van der Waals surface area contributed by atoms with Gasteiger partial charge in [0.2, 0.25) is 5.91 Å². The molecule has 0 spiro atoms. The molecular weight excluding hydrogens is 308 g/mol. The first-order chi connectivity index (χ1) is 10.8. The van der Waals surface area contributed by atoms with Crippen molar-refractivity contribution in [2.75, 3.05) is 19.6 Å².